The molecule has 18 heavy (non-hydrogen) atoms. The Morgan fingerprint density at radius 1 is 1.22 bits per heavy atom. The molecular formula is C15H31N3. The smallest absolute Gasteiger partial charge is 0.0192 e. The van der Waals surface area contributed by atoms with Crippen LogP contribution in [0.1, 0.15) is 39.5 Å². The molecule has 1 aliphatic carbocycles. The lowest BCUT2D eigenvalue weighted by molar-refractivity contribution is 0.0750. The summed E-state index contributed by atoms with van der Waals surface area (Å²) in [4.78, 5) is 5.11. The molecule has 1 heterocycles. The third kappa shape index (κ3) is 3.46. The van der Waals surface area contributed by atoms with Crippen molar-refractivity contribution in [2.45, 2.75) is 51.6 Å². The van der Waals surface area contributed by atoms with Crippen LogP contribution in [0.3, 0.4) is 0 Å². The van der Waals surface area contributed by atoms with Gasteiger partial charge in [-0.05, 0) is 45.1 Å². The van der Waals surface area contributed by atoms with Gasteiger partial charge in [0, 0.05) is 38.3 Å². The number of hydrogen-bond donors (Lipinski definition) is 1. The first-order chi connectivity index (χ1) is 8.60. The molecule has 3 heteroatoms. The van der Waals surface area contributed by atoms with Gasteiger partial charge in [-0.1, -0.05) is 13.3 Å². The fourth-order valence-electron chi connectivity index (χ4n) is 3.59. The predicted octanol–water partition coefficient (Wildman–Crippen LogP) is 1.78. The van der Waals surface area contributed by atoms with E-state index >= 15 is 0 Å². The minimum atomic E-state index is 0.447. The van der Waals surface area contributed by atoms with Crippen molar-refractivity contribution in [3.63, 3.8) is 0 Å². The first-order valence-electron chi connectivity index (χ1n) is 7.78. The summed E-state index contributed by atoms with van der Waals surface area (Å²) in [5.41, 5.74) is 6.34. The van der Waals surface area contributed by atoms with Crippen LogP contribution in [0.2, 0.25) is 0 Å². The third-order valence-corrected chi connectivity index (χ3v) is 5.26. The Morgan fingerprint density at radius 2 is 2.00 bits per heavy atom. The Bertz CT molecular complexity index is 256. The molecule has 2 aliphatic rings. The summed E-state index contributed by atoms with van der Waals surface area (Å²) < 4.78 is 0. The van der Waals surface area contributed by atoms with Gasteiger partial charge in [-0.25, -0.2) is 0 Å². The van der Waals surface area contributed by atoms with Crippen molar-refractivity contribution in [1.82, 2.24) is 9.80 Å². The fourth-order valence-corrected chi connectivity index (χ4v) is 3.59. The highest BCUT2D eigenvalue weighted by molar-refractivity contribution is 4.86. The van der Waals surface area contributed by atoms with E-state index in [0.717, 1.165) is 11.8 Å². The van der Waals surface area contributed by atoms with E-state index in [1.54, 1.807) is 0 Å². The summed E-state index contributed by atoms with van der Waals surface area (Å²) in [6.07, 6.45) is 5.29. The second-order valence-corrected chi connectivity index (χ2v) is 6.60. The Balaban J connectivity index is 1.84. The van der Waals surface area contributed by atoms with Crippen LogP contribution in [0.25, 0.3) is 0 Å². The van der Waals surface area contributed by atoms with Crippen LogP contribution in [-0.4, -0.2) is 55.1 Å². The molecule has 106 valence electrons. The molecule has 2 fully saturated rings. The number of piperazine rings is 1. The lowest BCUT2D eigenvalue weighted by atomic mass is 9.77. The third-order valence-electron chi connectivity index (χ3n) is 5.26. The zero-order valence-corrected chi connectivity index (χ0v) is 12.4. The van der Waals surface area contributed by atoms with E-state index in [-0.39, 0.29) is 0 Å². The van der Waals surface area contributed by atoms with E-state index in [1.807, 2.05) is 0 Å². The predicted molar refractivity (Wildman–Crippen MR) is 77.6 cm³/mol. The maximum Gasteiger partial charge on any atom is 0.0192 e. The monoisotopic (exact) mass is 253 g/mol. The molecule has 3 nitrogen and oxygen atoms in total. The van der Waals surface area contributed by atoms with Gasteiger partial charge in [0.25, 0.3) is 0 Å². The maximum atomic E-state index is 6.34. The van der Waals surface area contributed by atoms with E-state index < -0.39 is 0 Å². The van der Waals surface area contributed by atoms with Crippen molar-refractivity contribution < 1.29 is 0 Å². The van der Waals surface area contributed by atoms with Crippen LogP contribution in [0, 0.1) is 11.8 Å². The molecule has 0 spiro atoms. The molecule has 1 saturated heterocycles. The lowest BCUT2D eigenvalue weighted by Gasteiger charge is -2.42. The van der Waals surface area contributed by atoms with Crippen molar-refractivity contribution in [3.05, 3.63) is 0 Å². The van der Waals surface area contributed by atoms with E-state index in [4.69, 9.17) is 5.73 Å². The Labute approximate surface area is 113 Å². The molecule has 0 amide bonds. The van der Waals surface area contributed by atoms with Gasteiger partial charge in [0.2, 0.25) is 0 Å². The van der Waals surface area contributed by atoms with E-state index in [0.29, 0.717) is 12.1 Å². The standard InChI is InChI=1S/C15H31N3/c1-4-13-5-6-15(16)14(9-13)11-18-8-7-17(3)12(2)10-18/h12-15H,4-11,16H2,1-3H3. The molecule has 4 unspecified atom stereocenters. The summed E-state index contributed by atoms with van der Waals surface area (Å²) >= 11 is 0. The Hall–Kier alpha value is -0.120. The highest BCUT2D eigenvalue weighted by atomic mass is 15.3. The minimum absolute atomic E-state index is 0.447. The van der Waals surface area contributed by atoms with E-state index in [2.05, 4.69) is 30.7 Å². The van der Waals surface area contributed by atoms with Crippen LogP contribution >= 0.6 is 0 Å². The largest absolute Gasteiger partial charge is 0.327 e. The van der Waals surface area contributed by atoms with Crippen LogP contribution in [-0.2, 0) is 0 Å². The molecule has 0 bridgehead atoms. The average molecular weight is 253 g/mol. The molecule has 0 aromatic rings. The fraction of sp³-hybridized carbons (Fsp3) is 1.00. The summed E-state index contributed by atoms with van der Waals surface area (Å²) in [5, 5.41) is 0. The van der Waals surface area contributed by atoms with Gasteiger partial charge in [0.15, 0.2) is 0 Å². The molecule has 1 aliphatic heterocycles. The normalized spacial score (nSPS) is 40.0. The highest BCUT2D eigenvalue weighted by Gasteiger charge is 2.30. The molecule has 1 saturated carbocycles. The number of rotatable bonds is 3. The SMILES string of the molecule is CCC1CCC(N)C(CN2CCN(C)C(C)C2)C1. The summed E-state index contributed by atoms with van der Waals surface area (Å²) in [6.45, 7) is 9.55. The molecule has 2 N–H and O–H groups in total. The van der Waals surface area contributed by atoms with Crippen LogP contribution < -0.4 is 5.73 Å². The summed E-state index contributed by atoms with van der Waals surface area (Å²) in [5.74, 6) is 1.67. The van der Waals surface area contributed by atoms with Crippen molar-refractivity contribution in [2.75, 3.05) is 33.2 Å². The zero-order chi connectivity index (χ0) is 13.1. The number of nitrogens with two attached hydrogens (primary N) is 1. The van der Waals surface area contributed by atoms with Gasteiger partial charge in [0.05, 0.1) is 0 Å². The second kappa shape index (κ2) is 6.36. The molecule has 2 rings (SSSR count). The van der Waals surface area contributed by atoms with Gasteiger partial charge >= 0.3 is 0 Å². The van der Waals surface area contributed by atoms with Gasteiger partial charge in [0.1, 0.15) is 0 Å². The average Bonchev–Trinajstić information content (AvgIpc) is 2.36. The quantitative estimate of drug-likeness (QED) is 0.832. The maximum absolute atomic E-state index is 6.34. The first kappa shape index (κ1) is 14.3. The second-order valence-electron chi connectivity index (χ2n) is 6.60. The Kier molecular flexibility index (Phi) is 5.05. The topological polar surface area (TPSA) is 32.5 Å². The van der Waals surface area contributed by atoms with E-state index in [9.17, 15) is 0 Å². The Morgan fingerprint density at radius 3 is 2.67 bits per heavy atom. The summed E-state index contributed by atoms with van der Waals surface area (Å²) in [7, 11) is 2.24. The number of hydrogen-bond acceptors (Lipinski definition) is 3. The van der Waals surface area contributed by atoms with Crippen molar-refractivity contribution >= 4 is 0 Å². The minimum Gasteiger partial charge on any atom is -0.327 e. The molecule has 0 aromatic carbocycles. The zero-order valence-electron chi connectivity index (χ0n) is 12.4. The van der Waals surface area contributed by atoms with E-state index in [1.165, 1.54) is 51.9 Å². The lowest BCUT2D eigenvalue weighted by Crippen LogP contribution is -2.53. The van der Waals surface area contributed by atoms with Gasteiger partial charge in [-0.15, -0.1) is 0 Å². The molecule has 0 radical (unpaired) electrons. The number of likely N-dealkylation sites (N-methyl/N-ethyl adjacent to an activating group) is 1. The highest BCUT2D eigenvalue weighted by Crippen LogP contribution is 2.31. The molecule has 4 atom stereocenters. The van der Waals surface area contributed by atoms with Crippen molar-refractivity contribution in [3.8, 4) is 0 Å². The number of nitrogens with zero attached hydrogens (tertiary/aromatic N) is 2. The molecular weight excluding hydrogens is 222 g/mol. The van der Waals surface area contributed by atoms with Crippen LogP contribution in [0.4, 0.5) is 0 Å². The first-order valence-corrected chi connectivity index (χ1v) is 7.78. The van der Waals surface area contributed by atoms with Crippen molar-refractivity contribution in [1.29, 1.82) is 0 Å². The van der Waals surface area contributed by atoms with Gasteiger partial charge < -0.3 is 15.5 Å². The van der Waals surface area contributed by atoms with Gasteiger partial charge in [-0.2, -0.15) is 0 Å². The van der Waals surface area contributed by atoms with Crippen molar-refractivity contribution in [2.24, 2.45) is 17.6 Å². The van der Waals surface area contributed by atoms with Crippen LogP contribution in [0.5, 0.6) is 0 Å². The summed E-state index contributed by atoms with van der Waals surface area (Å²) in [6, 6.07) is 1.14. The molecule has 0 aromatic heterocycles. The van der Waals surface area contributed by atoms with Gasteiger partial charge in [-0.3, -0.25) is 0 Å². The van der Waals surface area contributed by atoms with Crippen LogP contribution in [0.15, 0.2) is 0 Å².